The SMILES string of the molecule is CN(CC(N)CC1(O)CCCCC1)C(=O)O. The molecule has 0 radical (unpaired) electrons. The second kappa shape index (κ2) is 5.50. The van der Waals surface area contributed by atoms with E-state index in [2.05, 4.69) is 0 Å². The fourth-order valence-corrected chi connectivity index (χ4v) is 2.40. The van der Waals surface area contributed by atoms with Crippen LogP contribution in [0, 0.1) is 0 Å². The number of hydrogen-bond donors (Lipinski definition) is 3. The summed E-state index contributed by atoms with van der Waals surface area (Å²) in [5, 5.41) is 19.0. The Morgan fingerprint density at radius 1 is 1.44 bits per heavy atom. The van der Waals surface area contributed by atoms with Gasteiger partial charge in [0, 0.05) is 19.6 Å². The molecule has 5 heteroatoms. The van der Waals surface area contributed by atoms with E-state index in [-0.39, 0.29) is 12.6 Å². The third kappa shape index (κ3) is 3.98. The van der Waals surface area contributed by atoms with Gasteiger partial charge in [-0.3, -0.25) is 0 Å². The summed E-state index contributed by atoms with van der Waals surface area (Å²) >= 11 is 0. The first-order valence-electron chi connectivity index (χ1n) is 5.85. The smallest absolute Gasteiger partial charge is 0.407 e. The number of amides is 1. The van der Waals surface area contributed by atoms with Crippen LogP contribution in [-0.4, -0.2) is 46.4 Å². The molecule has 1 unspecified atom stereocenters. The molecule has 4 N–H and O–H groups in total. The van der Waals surface area contributed by atoms with Crippen LogP contribution >= 0.6 is 0 Å². The molecule has 1 aliphatic carbocycles. The van der Waals surface area contributed by atoms with Gasteiger partial charge in [-0.25, -0.2) is 4.79 Å². The monoisotopic (exact) mass is 230 g/mol. The topological polar surface area (TPSA) is 86.8 Å². The van der Waals surface area contributed by atoms with Gasteiger partial charge < -0.3 is 20.8 Å². The molecule has 5 nitrogen and oxygen atoms in total. The summed E-state index contributed by atoms with van der Waals surface area (Å²) in [6.07, 6.45) is 4.34. The van der Waals surface area contributed by atoms with E-state index in [9.17, 15) is 9.90 Å². The Hall–Kier alpha value is -0.810. The van der Waals surface area contributed by atoms with E-state index in [0.717, 1.165) is 30.6 Å². The highest BCUT2D eigenvalue weighted by atomic mass is 16.4. The van der Waals surface area contributed by atoms with E-state index in [1.165, 1.54) is 13.5 Å². The van der Waals surface area contributed by atoms with Crippen molar-refractivity contribution in [2.75, 3.05) is 13.6 Å². The Balaban J connectivity index is 2.37. The minimum Gasteiger partial charge on any atom is -0.465 e. The number of aliphatic hydroxyl groups is 1. The van der Waals surface area contributed by atoms with Crippen molar-refractivity contribution in [1.29, 1.82) is 0 Å². The van der Waals surface area contributed by atoms with Crippen molar-refractivity contribution in [3.8, 4) is 0 Å². The van der Waals surface area contributed by atoms with Crippen LogP contribution in [0.1, 0.15) is 38.5 Å². The average Bonchev–Trinajstić information content (AvgIpc) is 2.17. The third-order valence-corrected chi connectivity index (χ3v) is 3.26. The molecule has 94 valence electrons. The highest BCUT2D eigenvalue weighted by Crippen LogP contribution is 2.31. The lowest BCUT2D eigenvalue weighted by molar-refractivity contribution is -0.0110. The molecular weight excluding hydrogens is 208 g/mol. The normalized spacial score (nSPS) is 21.4. The van der Waals surface area contributed by atoms with Crippen molar-refractivity contribution in [1.82, 2.24) is 4.90 Å². The molecule has 0 aromatic carbocycles. The van der Waals surface area contributed by atoms with E-state index < -0.39 is 11.7 Å². The minimum atomic E-state index is -0.980. The second-order valence-corrected chi connectivity index (χ2v) is 4.91. The largest absolute Gasteiger partial charge is 0.465 e. The Kier molecular flexibility index (Phi) is 4.56. The Morgan fingerprint density at radius 3 is 2.50 bits per heavy atom. The van der Waals surface area contributed by atoms with E-state index >= 15 is 0 Å². The number of rotatable bonds is 4. The van der Waals surface area contributed by atoms with Crippen molar-refractivity contribution in [2.45, 2.75) is 50.2 Å². The van der Waals surface area contributed by atoms with Crippen molar-refractivity contribution < 1.29 is 15.0 Å². The molecule has 1 amide bonds. The van der Waals surface area contributed by atoms with Gasteiger partial charge in [-0.1, -0.05) is 19.3 Å². The summed E-state index contributed by atoms with van der Waals surface area (Å²) in [6, 6.07) is -0.288. The predicted molar refractivity (Wildman–Crippen MR) is 61.3 cm³/mol. The predicted octanol–water partition coefficient (Wildman–Crippen LogP) is 1.01. The highest BCUT2D eigenvalue weighted by Gasteiger charge is 2.31. The maximum Gasteiger partial charge on any atom is 0.407 e. The molecular formula is C11H22N2O3. The molecule has 1 saturated carbocycles. The van der Waals surface area contributed by atoms with E-state index in [4.69, 9.17) is 10.8 Å². The highest BCUT2D eigenvalue weighted by molar-refractivity contribution is 5.64. The van der Waals surface area contributed by atoms with Crippen LogP contribution in [0.4, 0.5) is 4.79 Å². The van der Waals surface area contributed by atoms with Crippen molar-refractivity contribution in [2.24, 2.45) is 5.73 Å². The molecule has 0 aromatic heterocycles. The van der Waals surface area contributed by atoms with Gasteiger partial charge in [-0.05, 0) is 19.3 Å². The minimum absolute atomic E-state index is 0.275. The van der Waals surface area contributed by atoms with E-state index in [1.807, 2.05) is 0 Å². The molecule has 1 fully saturated rings. The Bertz CT molecular complexity index is 239. The maximum atomic E-state index is 10.6. The van der Waals surface area contributed by atoms with E-state index in [0.29, 0.717) is 6.42 Å². The van der Waals surface area contributed by atoms with Crippen molar-refractivity contribution in [3.05, 3.63) is 0 Å². The van der Waals surface area contributed by atoms with Gasteiger partial charge in [0.1, 0.15) is 0 Å². The number of carbonyl (C=O) groups is 1. The summed E-state index contributed by atoms with van der Waals surface area (Å²) < 4.78 is 0. The standard InChI is InChI=1S/C11H22N2O3/c1-13(10(14)15)8-9(12)7-11(16)5-3-2-4-6-11/h9,16H,2-8,12H2,1H3,(H,14,15). The van der Waals surface area contributed by atoms with Crippen LogP contribution < -0.4 is 5.73 Å². The molecule has 1 atom stereocenters. The molecule has 0 aliphatic heterocycles. The van der Waals surface area contributed by atoms with Gasteiger partial charge in [0.05, 0.1) is 5.60 Å². The molecule has 0 saturated heterocycles. The molecule has 0 spiro atoms. The number of likely N-dealkylation sites (N-methyl/N-ethyl adjacent to an activating group) is 1. The van der Waals surface area contributed by atoms with Gasteiger partial charge >= 0.3 is 6.09 Å². The molecule has 0 aromatic rings. The first kappa shape index (κ1) is 13.3. The molecule has 1 aliphatic rings. The molecule has 1 rings (SSSR count). The first-order chi connectivity index (χ1) is 7.43. The first-order valence-corrected chi connectivity index (χ1v) is 5.85. The Labute approximate surface area is 96.2 Å². The zero-order valence-corrected chi connectivity index (χ0v) is 9.85. The quantitative estimate of drug-likeness (QED) is 0.672. The van der Waals surface area contributed by atoms with Gasteiger partial charge in [0.15, 0.2) is 0 Å². The average molecular weight is 230 g/mol. The zero-order valence-electron chi connectivity index (χ0n) is 9.85. The number of hydrogen-bond acceptors (Lipinski definition) is 3. The fraction of sp³-hybridized carbons (Fsp3) is 0.909. The van der Waals surface area contributed by atoms with Crippen molar-refractivity contribution >= 4 is 6.09 Å². The molecule has 16 heavy (non-hydrogen) atoms. The summed E-state index contributed by atoms with van der Waals surface area (Å²) in [4.78, 5) is 11.8. The molecule has 0 heterocycles. The van der Waals surface area contributed by atoms with Gasteiger partial charge in [-0.15, -0.1) is 0 Å². The number of nitrogens with two attached hydrogens (primary N) is 1. The van der Waals surface area contributed by atoms with Crippen LogP contribution in [0.3, 0.4) is 0 Å². The second-order valence-electron chi connectivity index (χ2n) is 4.91. The lowest BCUT2D eigenvalue weighted by atomic mass is 9.80. The van der Waals surface area contributed by atoms with Crippen LogP contribution in [0.2, 0.25) is 0 Å². The summed E-state index contributed by atoms with van der Waals surface area (Å²) in [7, 11) is 1.49. The summed E-state index contributed by atoms with van der Waals surface area (Å²) in [5.41, 5.74) is 5.19. The van der Waals surface area contributed by atoms with Crippen LogP contribution in [-0.2, 0) is 0 Å². The van der Waals surface area contributed by atoms with Crippen LogP contribution in [0.15, 0.2) is 0 Å². The van der Waals surface area contributed by atoms with Crippen LogP contribution in [0.5, 0.6) is 0 Å². The molecule has 0 bridgehead atoms. The summed E-state index contributed by atoms with van der Waals surface area (Å²) in [6.45, 7) is 0.275. The van der Waals surface area contributed by atoms with Gasteiger partial charge in [0.25, 0.3) is 0 Å². The summed E-state index contributed by atoms with van der Waals surface area (Å²) in [5.74, 6) is 0. The van der Waals surface area contributed by atoms with Crippen LogP contribution in [0.25, 0.3) is 0 Å². The number of nitrogens with zero attached hydrogens (tertiary/aromatic N) is 1. The third-order valence-electron chi connectivity index (χ3n) is 3.26. The van der Waals surface area contributed by atoms with Crippen molar-refractivity contribution in [3.63, 3.8) is 0 Å². The van der Waals surface area contributed by atoms with Gasteiger partial charge in [0.2, 0.25) is 0 Å². The maximum absolute atomic E-state index is 10.6. The fourth-order valence-electron chi connectivity index (χ4n) is 2.40. The van der Waals surface area contributed by atoms with E-state index in [1.54, 1.807) is 0 Å². The Morgan fingerprint density at radius 2 is 2.00 bits per heavy atom. The lowest BCUT2D eigenvalue weighted by Crippen LogP contribution is -2.44. The zero-order chi connectivity index (χ0) is 12.2. The lowest BCUT2D eigenvalue weighted by Gasteiger charge is -2.34. The van der Waals surface area contributed by atoms with Gasteiger partial charge in [-0.2, -0.15) is 0 Å². The number of carboxylic acid groups (broad SMARTS) is 1.